The van der Waals surface area contributed by atoms with E-state index < -0.39 is 16.0 Å². The zero-order valence-electron chi connectivity index (χ0n) is 11.6. The number of hydrogen-bond donors (Lipinski definition) is 1. The first kappa shape index (κ1) is 15.2. The smallest absolute Gasteiger partial charge is 0.358 e. The Hall–Kier alpha value is -2.19. The van der Waals surface area contributed by atoms with Crippen LogP contribution in [0.4, 0.5) is 0 Å². The van der Waals surface area contributed by atoms with E-state index in [4.69, 9.17) is 9.88 Å². The summed E-state index contributed by atoms with van der Waals surface area (Å²) in [6.07, 6.45) is 0. The molecule has 0 aliphatic heterocycles. The first-order chi connectivity index (χ1) is 9.82. The lowest BCUT2D eigenvalue weighted by atomic mass is 10.3. The molecule has 21 heavy (non-hydrogen) atoms. The predicted octanol–water partition coefficient (Wildman–Crippen LogP) is 1.00. The minimum absolute atomic E-state index is 0.0154. The summed E-state index contributed by atoms with van der Waals surface area (Å²) in [5.74, 6) is -0.500. The van der Waals surface area contributed by atoms with Gasteiger partial charge in [0.05, 0.1) is 17.2 Å². The normalized spacial score (nSPS) is 11.4. The van der Waals surface area contributed by atoms with Gasteiger partial charge in [-0.05, 0) is 44.2 Å². The fourth-order valence-corrected chi connectivity index (χ4v) is 2.33. The SMILES string of the molecule is CCOC(=O)c1cc(C)n(-c2ccc(S(N)(=O)=O)cc2)n1. The lowest BCUT2D eigenvalue weighted by molar-refractivity contribution is 0.0519. The number of ether oxygens (including phenoxy) is 1. The first-order valence-electron chi connectivity index (χ1n) is 6.20. The molecule has 0 saturated carbocycles. The van der Waals surface area contributed by atoms with Crippen molar-refractivity contribution in [3.63, 3.8) is 0 Å². The van der Waals surface area contributed by atoms with Crippen LogP contribution in [0.2, 0.25) is 0 Å². The molecule has 1 aromatic carbocycles. The second-order valence-electron chi connectivity index (χ2n) is 4.34. The molecule has 2 aromatic rings. The summed E-state index contributed by atoms with van der Waals surface area (Å²) in [7, 11) is -3.73. The van der Waals surface area contributed by atoms with Crippen molar-refractivity contribution in [2.24, 2.45) is 5.14 Å². The molecule has 0 radical (unpaired) electrons. The monoisotopic (exact) mass is 309 g/mol. The number of aryl methyl sites for hydroxylation is 1. The molecule has 112 valence electrons. The molecule has 0 spiro atoms. The summed E-state index contributed by atoms with van der Waals surface area (Å²) in [6, 6.07) is 7.50. The Bertz CT molecular complexity index is 763. The number of carbonyl (C=O) groups is 1. The van der Waals surface area contributed by atoms with E-state index in [1.807, 2.05) is 0 Å². The van der Waals surface area contributed by atoms with Gasteiger partial charge in [-0.3, -0.25) is 0 Å². The highest BCUT2D eigenvalue weighted by Gasteiger charge is 2.14. The van der Waals surface area contributed by atoms with Crippen LogP contribution in [0, 0.1) is 6.92 Å². The van der Waals surface area contributed by atoms with Crippen molar-refractivity contribution < 1.29 is 17.9 Å². The Morgan fingerprint density at radius 2 is 1.95 bits per heavy atom. The summed E-state index contributed by atoms with van der Waals surface area (Å²) >= 11 is 0. The highest BCUT2D eigenvalue weighted by Crippen LogP contribution is 2.15. The summed E-state index contributed by atoms with van der Waals surface area (Å²) < 4.78 is 28.8. The fraction of sp³-hybridized carbons (Fsp3) is 0.231. The molecular weight excluding hydrogens is 294 g/mol. The van der Waals surface area contributed by atoms with E-state index in [1.54, 1.807) is 32.0 Å². The Balaban J connectivity index is 2.36. The van der Waals surface area contributed by atoms with Gasteiger partial charge in [-0.25, -0.2) is 23.0 Å². The third-order valence-corrected chi connectivity index (χ3v) is 3.71. The largest absolute Gasteiger partial charge is 0.461 e. The molecular formula is C13H15N3O4S. The van der Waals surface area contributed by atoms with Crippen LogP contribution in [-0.2, 0) is 14.8 Å². The van der Waals surface area contributed by atoms with Gasteiger partial charge in [-0.1, -0.05) is 0 Å². The van der Waals surface area contributed by atoms with Crippen LogP contribution in [0.3, 0.4) is 0 Å². The summed E-state index contributed by atoms with van der Waals surface area (Å²) in [5, 5.41) is 9.19. The molecule has 2 rings (SSSR count). The van der Waals surface area contributed by atoms with Crippen molar-refractivity contribution in [3.05, 3.63) is 41.7 Å². The number of aromatic nitrogens is 2. The minimum Gasteiger partial charge on any atom is -0.461 e. The first-order valence-corrected chi connectivity index (χ1v) is 7.74. The predicted molar refractivity (Wildman–Crippen MR) is 75.6 cm³/mol. The summed E-state index contributed by atoms with van der Waals surface area (Å²) in [6.45, 7) is 3.77. The second-order valence-corrected chi connectivity index (χ2v) is 5.90. The third-order valence-electron chi connectivity index (χ3n) is 2.78. The Kier molecular flexibility index (Phi) is 4.10. The number of carbonyl (C=O) groups excluding carboxylic acids is 1. The lowest BCUT2D eigenvalue weighted by Gasteiger charge is -2.05. The van der Waals surface area contributed by atoms with E-state index in [2.05, 4.69) is 5.10 Å². The second kappa shape index (κ2) is 5.66. The van der Waals surface area contributed by atoms with Crippen molar-refractivity contribution in [2.75, 3.05) is 6.61 Å². The van der Waals surface area contributed by atoms with Crippen molar-refractivity contribution in [1.29, 1.82) is 0 Å². The molecule has 1 aromatic heterocycles. The Labute approximate surface area is 122 Å². The fourth-order valence-electron chi connectivity index (χ4n) is 1.82. The van der Waals surface area contributed by atoms with E-state index in [1.165, 1.54) is 16.8 Å². The average Bonchev–Trinajstić information content (AvgIpc) is 2.80. The number of sulfonamides is 1. The maximum Gasteiger partial charge on any atom is 0.358 e. The highest BCUT2D eigenvalue weighted by atomic mass is 32.2. The molecule has 0 unspecified atom stereocenters. The van der Waals surface area contributed by atoms with Crippen molar-refractivity contribution >= 4 is 16.0 Å². The van der Waals surface area contributed by atoms with E-state index in [0.717, 1.165) is 5.69 Å². The highest BCUT2D eigenvalue weighted by molar-refractivity contribution is 7.89. The number of benzene rings is 1. The van der Waals surface area contributed by atoms with Crippen molar-refractivity contribution in [2.45, 2.75) is 18.7 Å². The van der Waals surface area contributed by atoms with Crippen molar-refractivity contribution in [1.82, 2.24) is 9.78 Å². The number of primary sulfonamides is 1. The average molecular weight is 309 g/mol. The number of nitrogens with zero attached hydrogens (tertiary/aromatic N) is 2. The number of rotatable bonds is 4. The molecule has 2 N–H and O–H groups in total. The molecule has 0 fully saturated rings. The van der Waals surface area contributed by atoms with E-state index in [9.17, 15) is 13.2 Å². The third kappa shape index (κ3) is 3.29. The molecule has 1 heterocycles. The molecule has 0 atom stereocenters. The molecule has 0 saturated heterocycles. The van der Waals surface area contributed by atoms with E-state index in [0.29, 0.717) is 5.69 Å². The van der Waals surface area contributed by atoms with Crippen LogP contribution >= 0.6 is 0 Å². The van der Waals surface area contributed by atoms with Gasteiger partial charge < -0.3 is 4.74 Å². The van der Waals surface area contributed by atoms with Crippen molar-refractivity contribution in [3.8, 4) is 5.69 Å². The van der Waals surface area contributed by atoms with Gasteiger partial charge in [0.15, 0.2) is 5.69 Å². The lowest BCUT2D eigenvalue weighted by Crippen LogP contribution is -2.12. The molecule has 8 heteroatoms. The van der Waals surface area contributed by atoms with Gasteiger partial charge in [0.1, 0.15) is 0 Å². The number of esters is 1. The van der Waals surface area contributed by atoms with Crippen LogP contribution in [-0.4, -0.2) is 30.8 Å². The van der Waals surface area contributed by atoms with Gasteiger partial charge in [0.2, 0.25) is 10.0 Å². The molecule has 0 aliphatic rings. The van der Waals surface area contributed by atoms with Crippen LogP contribution in [0.5, 0.6) is 0 Å². The quantitative estimate of drug-likeness (QED) is 0.849. The van der Waals surface area contributed by atoms with Gasteiger partial charge in [0, 0.05) is 5.69 Å². The number of hydrogen-bond acceptors (Lipinski definition) is 5. The topological polar surface area (TPSA) is 104 Å². The Morgan fingerprint density at radius 3 is 2.48 bits per heavy atom. The van der Waals surface area contributed by atoms with E-state index >= 15 is 0 Å². The zero-order valence-corrected chi connectivity index (χ0v) is 12.4. The molecule has 0 bridgehead atoms. The summed E-state index contributed by atoms with van der Waals surface area (Å²) in [4.78, 5) is 11.6. The minimum atomic E-state index is -3.73. The van der Waals surface area contributed by atoms with Crippen LogP contribution in [0.15, 0.2) is 35.2 Å². The standard InChI is InChI=1S/C13H15N3O4S/c1-3-20-13(17)12-8-9(2)16(15-12)10-4-6-11(7-5-10)21(14,18)19/h4-8H,3H2,1-2H3,(H2,14,18,19). The van der Waals surface area contributed by atoms with Gasteiger partial charge >= 0.3 is 5.97 Å². The van der Waals surface area contributed by atoms with Gasteiger partial charge in [-0.15, -0.1) is 0 Å². The molecule has 7 nitrogen and oxygen atoms in total. The zero-order chi connectivity index (χ0) is 15.6. The van der Waals surface area contributed by atoms with Crippen LogP contribution in [0.1, 0.15) is 23.1 Å². The summed E-state index contributed by atoms with van der Waals surface area (Å²) in [5.41, 5.74) is 1.54. The van der Waals surface area contributed by atoms with Crippen LogP contribution in [0.25, 0.3) is 5.69 Å². The molecule has 0 amide bonds. The Morgan fingerprint density at radius 1 is 1.33 bits per heavy atom. The molecule has 0 aliphatic carbocycles. The maximum atomic E-state index is 11.6. The van der Waals surface area contributed by atoms with Gasteiger partial charge in [-0.2, -0.15) is 5.10 Å². The van der Waals surface area contributed by atoms with E-state index in [-0.39, 0.29) is 17.2 Å². The van der Waals surface area contributed by atoms with Crippen LogP contribution < -0.4 is 5.14 Å². The number of nitrogens with two attached hydrogens (primary N) is 1. The maximum absolute atomic E-state index is 11.6. The van der Waals surface area contributed by atoms with Gasteiger partial charge in [0.25, 0.3) is 0 Å².